The summed E-state index contributed by atoms with van der Waals surface area (Å²) in [6.07, 6.45) is 0.527. The largest absolute Gasteiger partial charge is 0.323 e. The van der Waals surface area contributed by atoms with Crippen molar-refractivity contribution in [3.8, 4) is 0 Å². The molecule has 2 aromatic heterocycles. The molecule has 6 heteroatoms. The van der Waals surface area contributed by atoms with Gasteiger partial charge in [0.1, 0.15) is 17.5 Å². The van der Waals surface area contributed by atoms with Gasteiger partial charge in [-0.2, -0.15) is 5.10 Å². The minimum Gasteiger partial charge on any atom is -0.323 e. The topological polar surface area (TPSA) is 66.5 Å². The Morgan fingerprint density at radius 2 is 1.74 bits per heavy atom. The van der Waals surface area contributed by atoms with Crippen LogP contribution in [0.4, 0.5) is 16.0 Å². The summed E-state index contributed by atoms with van der Waals surface area (Å²) in [7, 11) is 0. The third-order valence-electron chi connectivity index (χ3n) is 3.88. The molecule has 0 unspecified atom stereocenters. The Bertz CT molecular complexity index is 1020. The van der Waals surface area contributed by atoms with Crippen molar-refractivity contribution < 1.29 is 4.39 Å². The molecule has 0 saturated carbocycles. The first-order valence-electron chi connectivity index (χ1n) is 8.96. The molecule has 2 heterocycles. The highest BCUT2D eigenvalue weighted by Gasteiger charge is 2.10. The van der Waals surface area contributed by atoms with E-state index >= 15 is 0 Å². The molecule has 0 saturated heterocycles. The third kappa shape index (κ3) is 4.47. The van der Waals surface area contributed by atoms with Crippen LogP contribution in [-0.2, 0) is 6.42 Å². The fourth-order valence-electron chi connectivity index (χ4n) is 2.69. The van der Waals surface area contributed by atoms with Gasteiger partial charge < -0.3 is 5.32 Å². The van der Waals surface area contributed by atoms with E-state index in [-0.39, 0.29) is 5.82 Å². The van der Waals surface area contributed by atoms with Gasteiger partial charge in [0.15, 0.2) is 5.82 Å². The van der Waals surface area contributed by atoms with Gasteiger partial charge in [-0.05, 0) is 36.8 Å². The molecule has 0 amide bonds. The maximum absolute atomic E-state index is 13.1. The quantitative estimate of drug-likeness (QED) is 0.525. The Morgan fingerprint density at radius 3 is 2.44 bits per heavy atom. The average molecular weight is 363 g/mol. The highest BCUT2D eigenvalue weighted by Crippen LogP contribution is 2.24. The van der Waals surface area contributed by atoms with Crippen LogP contribution >= 0.6 is 0 Å². The highest BCUT2D eigenvalue weighted by atomic mass is 19.1. The Morgan fingerprint density at radius 1 is 1.00 bits per heavy atom. The third-order valence-corrected chi connectivity index (χ3v) is 3.88. The molecule has 0 radical (unpaired) electrons. The number of nitrogens with zero attached hydrogens (tertiary/aromatic N) is 3. The van der Waals surface area contributed by atoms with Gasteiger partial charge in [-0.15, -0.1) is 0 Å². The van der Waals surface area contributed by atoms with Gasteiger partial charge in [0.05, 0.1) is 5.52 Å². The van der Waals surface area contributed by atoms with Crippen LogP contribution in [0.1, 0.15) is 30.9 Å². The fourth-order valence-corrected chi connectivity index (χ4v) is 2.69. The van der Waals surface area contributed by atoms with Crippen molar-refractivity contribution in [3.63, 3.8) is 0 Å². The molecular weight excluding hydrogens is 341 g/mol. The molecular formula is C21H22FN5. The number of benzene rings is 2. The summed E-state index contributed by atoms with van der Waals surface area (Å²) < 4.78 is 13.1. The molecule has 5 nitrogen and oxygen atoms in total. The number of nitrogens with one attached hydrogen (secondary N) is 2. The van der Waals surface area contributed by atoms with Crippen LogP contribution in [0.2, 0.25) is 0 Å². The van der Waals surface area contributed by atoms with Crippen LogP contribution in [-0.4, -0.2) is 20.2 Å². The lowest BCUT2D eigenvalue weighted by atomic mass is 10.1. The number of H-pyrrole nitrogens is 1. The Balaban J connectivity index is 0.00000102. The van der Waals surface area contributed by atoms with E-state index in [2.05, 4.69) is 25.5 Å². The predicted octanol–water partition coefficient (Wildman–Crippen LogP) is 5.16. The number of aromatic amines is 1. The molecule has 27 heavy (non-hydrogen) atoms. The zero-order valence-electron chi connectivity index (χ0n) is 15.6. The van der Waals surface area contributed by atoms with Crippen LogP contribution < -0.4 is 5.32 Å². The Hall–Kier alpha value is -3.28. The van der Waals surface area contributed by atoms with Gasteiger partial charge in [-0.1, -0.05) is 38.1 Å². The maximum atomic E-state index is 13.1. The molecule has 0 aliphatic heterocycles. The fraction of sp³-hybridized carbons (Fsp3) is 0.190. The summed E-state index contributed by atoms with van der Waals surface area (Å²) in [6, 6.07) is 16.1. The molecule has 0 fully saturated rings. The maximum Gasteiger partial charge on any atom is 0.153 e. The number of hydrogen-bond donors (Lipinski definition) is 2. The van der Waals surface area contributed by atoms with Gasteiger partial charge in [-0.3, -0.25) is 5.10 Å². The summed E-state index contributed by atoms with van der Waals surface area (Å²) in [5, 5.41) is 11.3. The minimum atomic E-state index is -0.251. The number of anilines is 2. The van der Waals surface area contributed by atoms with Crippen LogP contribution in [0.5, 0.6) is 0 Å². The van der Waals surface area contributed by atoms with Gasteiger partial charge in [0.25, 0.3) is 0 Å². The van der Waals surface area contributed by atoms with Crippen molar-refractivity contribution in [2.45, 2.75) is 27.2 Å². The smallest absolute Gasteiger partial charge is 0.153 e. The lowest BCUT2D eigenvalue weighted by Crippen LogP contribution is -2.03. The zero-order valence-corrected chi connectivity index (χ0v) is 15.6. The summed E-state index contributed by atoms with van der Waals surface area (Å²) in [4.78, 5) is 9.28. The number of para-hydroxylation sites is 1. The molecule has 2 aromatic carbocycles. The van der Waals surface area contributed by atoms with E-state index in [4.69, 9.17) is 0 Å². The lowest BCUT2D eigenvalue weighted by molar-refractivity contribution is 0.627. The molecule has 0 aliphatic carbocycles. The molecule has 138 valence electrons. The van der Waals surface area contributed by atoms with Gasteiger partial charge in [0, 0.05) is 23.6 Å². The van der Waals surface area contributed by atoms with Crippen molar-refractivity contribution in [2.24, 2.45) is 0 Å². The molecule has 2 N–H and O–H groups in total. The molecule has 4 rings (SSSR count). The second-order valence-corrected chi connectivity index (χ2v) is 5.87. The first kappa shape index (κ1) is 18.5. The molecule has 4 aromatic rings. The van der Waals surface area contributed by atoms with E-state index in [9.17, 15) is 4.39 Å². The number of rotatable bonds is 4. The van der Waals surface area contributed by atoms with Crippen molar-refractivity contribution >= 4 is 22.5 Å². The average Bonchev–Trinajstić information content (AvgIpc) is 3.10. The SMILES string of the molecule is CC.Cc1cc(Nc2nc(Cc3ccc(F)cc3)nc3ccccc23)n[nH]1. The van der Waals surface area contributed by atoms with Crippen molar-refractivity contribution in [2.75, 3.05) is 5.32 Å². The van der Waals surface area contributed by atoms with Crippen LogP contribution in [0, 0.1) is 12.7 Å². The van der Waals surface area contributed by atoms with Crippen LogP contribution in [0.25, 0.3) is 10.9 Å². The Labute approximate surface area is 157 Å². The highest BCUT2D eigenvalue weighted by molar-refractivity contribution is 5.90. The lowest BCUT2D eigenvalue weighted by Gasteiger charge is -2.09. The first-order chi connectivity index (χ1) is 13.2. The zero-order chi connectivity index (χ0) is 19.2. The van der Waals surface area contributed by atoms with Gasteiger partial charge in [-0.25, -0.2) is 14.4 Å². The van der Waals surface area contributed by atoms with Gasteiger partial charge >= 0.3 is 0 Å². The van der Waals surface area contributed by atoms with E-state index in [0.29, 0.717) is 23.9 Å². The van der Waals surface area contributed by atoms with Crippen LogP contribution in [0.15, 0.2) is 54.6 Å². The van der Waals surface area contributed by atoms with E-state index < -0.39 is 0 Å². The van der Waals surface area contributed by atoms with E-state index in [0.717, 1.165) is 22.2 Å². The number of hydrogen-bond acceptors (Lipinski definition) is 4. The number of aryl methyl sites for hydroxylation is 1. The van der Waals surface area contributed by atoms with E-state index in [1.54, 1.807) is 12.1 Å². The number of fused-ring (bicyclic) bond motifs is 1. The minimum absolute atomic E-state index is 0.251. The summed E-state index contributed by atoms with van der Waals surface area (Å²) in [5.74, 6) is 1.82. The second-order valence-electron chi connectivity index (χ2n) is 5.87. The summed E-state index contributed by atoms with van der Waals surface area (Å²) in [5.41, 5.74) is 2.77. The summed E-state index contributed by atoms with van der Waals surface area (Å²) in [6.45, 7) is 5.94. The van der Waals surface area contributed by atoms with Crippen LogP contribution in [0.3, 0.4) is 0 Å². The summed E-state index contributed by atoms with van der Waals surface area (Å²) >= 11 is 0. The standard InChI is InChI=1S/C19H16FN5.C2H6/c1-12-10-18(25-24-12)23-19-15-4-2-3-5-16(15)21-17(22-19)11-13-6-8-14(20)9-7-13;1-2/h2-10H,11H2,1H3,(H2,21,22,23,24,25);1-2H3. The van der Waals surface area contributed by atoms with Crippen molar-refractivity contribution in [1.29, 1.82) is 0 Å². The first-order valence-corrected chi connectivity index (χ1v) is 8.96. The molecule has 0 aliphatic rings. The predicted molar refractivity (Wildman–Crippen MR) is 107 cm³/mol. The monoisotopic (exact) mass is 363 g/mol. The number of halogens is 1. The van der Waals surface area contributed by atoms with Crippen molar-refractivity contribution in [3.05, 3.63) is 77.5 Å². The van der Waals surface area contributed by atoms with E-state index in [1.165, 1.54) is 12.1 Å². The molecule has 0 atom stereocenters. The van der Waals surface area contributed by atoms with E-state index in [1.807, 2.05) is 51.1 Å². The molecule has 0 spiro atoms. The van der Waals surface area contributed by atoms with Gasteiger partial charge in [0.2, 0.25) is 0 Å². The molecule has 0 bridgehead atoms. The Kier molecular flexibility index (Phi) is 5.76. The van der Waals surface area contributed by atoms with Crippen molar-refractivity contribution in [1.82, 2.24) is 20.2 Å². The normalized spacial score (nSPS) is 10.4. The number of aromatic nitrogens is 4. The second kappa shape index (κ2) is 8.40.